The Balaban J connectivity index is 5.08. The van der Waals surface area contributed by atoms with Gasteiger partial charge in [-0.05, 0) is 5.92 Å². The Morgan fingerprint density at radius 3 is 2.09 bits per heavy atom. The number of carboxylic acids is 1. The molecule has 4 unspecified atom stereocenters. The second kappa shape index (κ2) is 9.74. The van der Waals surface area contributed by atoms with Gasteiger partial charge in [0.2, 0.25) is 17.7 Å². The van der Waals surface area contributed by atoms with Crippen molar-refractivity contribution in [1.29, 1.82) is 0 Å². The molecule has 132 valence electrons. The van der Waals surface area contributed by atoms with Crippen molar-refractivity contribution in [3.8, 4) is 0 Å². The molecular weight excluding hydrogens is 308 g/mol. The molecule has 0 bridgehead atoms. The lowest BCUT2D eigenvalue weighted by molar-refractivity contribution is -0.143. The minimum atomic E-state index is -1.37. The number of carbonyl (C=O) groups is 4. The Bertz CT molecular complexity index is 456. The van der Waals surface area contributed by atoms with Crippen molar-refractivity contribution in [1.82, 2.24) is 10.6 Å². The third-order valence-electron chi connectivity index (χ3n) is 3.35. The summed E-state index contributed by atoms with van der Waals surface area (Å²) >= 11 is 0. The summed E-state index contributed by atoms with van der Waals surface area (Å²) in [4.78, 5) is 46.0. The first-order chi connectivity index (χ1) is 10.6. The number of aliphatic hydroxyl groups excluding tert-OH is 1. The van der Waals surface area contributed by atoms with Crippen LogP contribution in [0.2, 0.25) is 0 Å². The molecule has 23 heavy (non-hydrogen) atoms. The molecule has 3 amide bonds. The number of carbonyl (C=O) groups excluding carboxylic acids is 3. The van der Waals surface area contributed by atoms with E-state index >= 15 is 0 Å². The van der Waals surface area contributed by atoms with Crippen LogP contribution in [-0.2, 0) is 19.2 Å². The fourth-order valence-corrected chi connectivity index (χ4v) is 1.71. The standard InChI is InChI=1S/C13H24N4O6/c1-3-6(2)10(13(22)23)17-12(21)8(4-9(15)19)16-11(20)7(14)5-18/h6-8,10,18H,3-5,14H2,1-2H3,(H2,15,19)(H,16,20)(H,17,21)(H,22,23). The van der Waals surface area contributed by atoms with Crippen LogP contribution in [0.5, 0.6) is 0 Å². The first kappa shape index (κ1) is 20.8. The zero-order valence-electron chi connectivity index (χ0n) is 13.1. The molecule has 10 heteroatoms. The topological polar surface area (TPSA) is 185 Å². The number of primary amides is 1. The third-order valence-corrected chi connectivity index (χ3v) is 3.35. The van der Waals surface area contributed by atoms with Gasteiger partial charge in [0.15, 0.2) is 0 Å². The second-order valence-electron chi connectivity index (χ2n) is 5.23. The van der Waals surface area contributed by atoms with E-state index in [2.05, 4.69) is 10.6 Å². The zero-order chi connectivity index (χ0) is 18.2. The lowest BCUT2D eigenvalue weighted by Gasteiger charge is -2.24. The normalized spacial score (nSPS) is 15.8. The maximum Gasteiger partial charge on any atom is 0.326 e. The van der Waals surface area contributed by atoms with Gasteiger partial charge in [0, 0.05) is 0 Å². The van der Waals surface area contributed by atoms with Crippen LogP contribution in [0.15, 0.2) is 0 Å². The predicted molar refractivity (Wildman–Crippen MR) is 79.8 cm³/mol. The number of hydrogen-bond donors (Lipinski definition) is 6. The SMILES string of the molecule is CCC(C)C(NC(=O)C(CC(N)=O)NC(=O)C(N)CO)C(=O)O. The largest absolute Gasteiger partial charge is 0.480 e. The van der Waals surface area contributed by atoms with Gasteiger partial charge in [0.05, 0.1) is 13.0 Å². The average Bonchev–Trinajstić information content (AvgIpc) is 2.48. The summed E-state index contributed by atoms with van der Waals surface area (Å²) in [6.45, 7) is 2.75. The summed E-state index contributed by atoms with van der Waals surface area (Å²) in [6.07, 6.45) is -0.0257. The highest BCUT2D eigenvalue weighted by Gasteiger charge is 2.31. The van der Waals surface area contributed by atoms with Gasteiger partial charge in [-0.25, -0.2) is 4.79 Å². The summed E-state index contributed by atoms with van der Waals surface area (Å²) in [5.41, 5.74) is 10.3. The highest BCUT2D eigenvalue weighted by Crippen LogP contribution is 2.08. The van der Waals surface area contributed by atoms with Crippen molar-refractivity contribution in [2.24, 2.45) is 17.4 Å². The molecular formula is C13H24N4O6. The van der Waals surface area contributed by atoms with E-state index in [1.54, 1.807) is 13.8 Å². The summed E-state index contributed by atoms with van der Waals surface area (Å²) in [5, 5.41) is 22.4. The Labute approximate surface area is 133 Å². The second-order valence-corrected chi connectivity index (χ2v) is 5.23. The van der Waals surface area contributed by atoms with E-state index in [4.69, 9.17) is 21.7 Å². The number of nitrogens with one attached hydrogen (secondary N) is 2. The van der Waals surface area contributed by atoms with E-state index in [0.717, 1.165) is 0 Å². The first-order valence-corrected chi connectivity index (χ1v) is 7.12. The van der Waals surface area contributed by atoms with Gasteiger partial charge in [-0.3, -0.25) is 14.4 Å². The molecule has 0 aliphatic heterocycles. The molecule has 10 nitrogen and oxygen atoms in total. The molecule has 0 saturated carbocycles. The Morgan fingerprint density at radius 2 is 1.70 bits per heavy atom. The summed E-state index contributed by atoms with van der Waals surface area (Å²) in [5.74, 6) is -4.18. The Hall–Kier alpha value is -2.20. The van der Waals surface area contributed by atoms with Crippen LogP contribution in [0.4, 0.5) is 0 Å². The van der Waals surface area contributed by atoms with Crippen molar-refractivity contribution in [3.63, 3.8) is 0 Å². The van der Waals surface area contributed by atoms with Gasteiger partial charge in [0.25, 0.3) is 0 Å². The molecule has 0 aromatic rings. The molecule has 0 heterocycles. The van der Waals surface area contributed by atoms with Crippen LogP contribution < -0.4 is 22.1 Å². The number of carboxylic acid groups (broad SMARTS) is 1. The number of aliphatic carboxylic acids is 1. The first-order valence-electron chi connectivity index (χ1n) is 7.12. The van der Waals surface area contributed by atoms with Crippen LogP contribution >= 0.6 is 0 Å². The van der Waals surface area contributed by atoms with E-state index in [0.29, 0.717) is 6.42 Å². The molecule has 0 aliphatic rings. The smallest absolute Gasteiger partial charge is 0.326 e. The highest BCUT2D eigenvalue weighted by atomic mass is 16.4. The molecule has 0 rings (SSSR count). The Kier molecular flexibility index (Phi) is 8.81. The molecule has 8 N–H and O–H groups in total. The van der Waals surface area contributed by atoms with Crippen molar-refractivity contribution in [3.05, 3.63) is 0 Å². The molecule has 0 aromatic heterocycles. The maximum absolute atomic E-state index is 12.2. The van der Waals surface area contributed by atoms with E-state index in [1.807, 2.05) is 0 Å². The maximum atomic E-state index is 12.2. The van der Waals surface area contributed by atoms with Gasteiger partial charge in [-0.15, -0.1) is 0 Å². The molecule has 0 saturated heterocycles. The fourth-order valence-electron chi connectivity index (χ4n) is 1.71. The minimum absolute atomic E-state index is 0.360. The number of amides is 3. The number of rotatable bonds is 10. The summed E-state index contributed by atoms with van der Waals surface area (Å²) < 4.78 is 0. The van der Waals surface area contributed by atoms with E-state index in [1.165, 1.54) is 0 Å². The van der Waals surface area contributed by atoms with E-state index in [-0.39, 0.29) is 5.92 Å². The number of aliphatic hydroxyl groups is 1. The molecule has 0 aromatic carbocycles. The lowest BCUT2D eigenvalue weighted by Crippen LogP contribution is -2.56. The van der Waals surface area contributed by atoms with Crippen LogP contribution in [0.25, 0.3) is 0 Å². The van der Waals surface area contributed by atoms with Gasteiger partial charge in [-0.1, -0.05) is 20.3 Å². The van der Waals surface area contributed by atoms with Crippen LogP contribution in [0.1, 0.15) is 26.7 Å². The molecule has 0 spiro atoms. The van der Waals surface area contributed by atoms with Crippen LogP contribution in [0.3, 0.4) is 0 Å². The quantitative estimate of drug-likeness (QED) is 0.251. The van der Waals surface area contributed by atoms with Crippen molar-refractivity contribution >= 4 is 23.7 Å². The molecule has 4 atom stereocenters. The van der Waals surface area contributed by atoms with Gasteiger partial charge in [0.1, 0.15) is 18.1 Å². The van der Waals surface area contributed by atoms with E-state index < -0.39 is 54.8 Å². The van der Waals surface area contributed by atoms with Gasteiger partial charge < -0.3 is 32.3 Å². The molecule has 0 radical (unpaired) electrons. The Morgan fingerprint density at radius 1 is 1.13 bits per heavy atom. The van der Waals surface area contributed by atoms with Crippen molar-refractivity contribution in [2.45, 2.75) is 44.8 Å². The fraction of sp³-hybridized carbons (Fsp3) is 0.692. The zero-order valence-corrected chi connectivity index (χ0v) is 13.1. The minimum Gasteiger partial charge on any atom is -0.480 e. The molecule has 0 fully saturated rings. The number of hydrogen-bond acceptors (Lipinski definition) is 6. The highest BCUT2D eigenvalue weighted by molar-refractivity contribution is 5.94. The average molecular weight is 332 g/mol. The third kappa shape index (κ3) is 7.06. The van der Waals surface area contributed by atoms with E-state index in [9.17, 15) is 19.2 Å². The summed E-state index contributed by atoms with van der Waals surface area (Å²) in [6, 6.07) is -3.82. The lowest BCUT2D eigenvalue weighted by atomic mass is 9.98. The van der Waals surface area contributed by atoms with Crippen molar-refractivity contribution in [2.75, 3.05) is 6.61 Å². The van der Waals surface area contributed by atoms with Crippen LogP contribution in [0, 0.1) is 5.92 Å². The van der Waals surface area contributed by atoms with Gasteiger partial charge in [-0.2, -0.15) is 0 Å². The number of nitrogens with two attached hydrogens (primary N) is 2. The van der Waals surface area contributed by atoms with Crippen LogP contribution in [-0.4, -0.2) is 58.6 Å². The van der Waals surface area contributed by atoms with Crippen molar-refractivity contribution < 1.29 is 29.4 Å². The molecule has 0 aliphatic carbocycles. The monoisotopic (exact) mass is 332 g/mol. The van der Waals surface area contributed by atoms with Gasteiger partial charge >= 0.3 is 5.97 Å². The summed E-state index contributed by atoms with van der Waals surface area (Å²) in [7, 11) is 0. The predicted octanol–water partition coefficient (Wildman–Crippen LogP) is -2.72.